The minimum Gasteiger partial charge on any atom is -0.325 e. The van der Waals surface area contributed by atoms with E-state index in [2.05, 4.69) is 15.3 Å². The number of H-pyrrole nitrogens is 1. The average molecular weight is 283 g/mol. The Morgan fingerprint density at radius 2 is 1.95 bits per heavy atom. The fourth-order valence-corrected chi connectivity index (χ4v) is 2.46. The van der Waals surface area contributed by atoms with Crippen molar-refractivity contribution in [3.05, 3.63) is 40.6 Å². The second-order valence-corrected chi connectivity index (χ2v) is 4.67. The number of rotatable bonds is 2. The lowest BCUT2D eigenvalue weighted by Gasteiger charge is -2.12. The normalized spacial score (nSPS) is 11.9. The van der Waals surface area contributed by atoms with E-state index in [-0.39, 0.29) is 5.69 Å². The molecular formula is C12H8F3N3S. The highest BCUT2D eigenvalue weighted by Crippen LogP contribution is 2.35. The predicted molar refractivity (Wildman–Crippen MR) is 68.7 cm³/mol. The number of imidazole rings is 1. The minimum absolute atomic E-state index is 0.0184. The first-order valence-corrected chi connectivity index (χ1v) is 6.33. The zero-order chi connectivity index (χ0) is 13.5. The van der Waals surface area contributed by atoms with Gasteiger partial charge in [-0.05, 0) is 12.1 Å². The van der Waals surface area contributed by atoms with E-state index >= 15 is 0 Å². The van der Waals surface area contributed by atoms with Crippen molar-refractivity contribution in [1.82, 2.24) is 9.97 Å². The van der Waals surface area contributed by atoms with Crippen LogP contribution in [0.2, 0.25) is 0 Å². The van der Waals surface area contributed by atoms with Crippen LogP contribution >= 0.6 is 11.3 Å². The van der Waals surface area contributed by atoms with Gasteiger partial charge in [0.2, 0.25) is 5.95 Å². The molecule has 0 unspecified atom stereocenters. The molecule has 0 fully saturated rings. The van der Waals surface area contributed by atoms with Crippen molar-refractivity contribution in [3.8, 4) is 0 Å². The predicted octanol–water partition coefficient (Wildman–Crippen LogP) is 4.39. The number of aromatic amines is 1. The lowest BCUT2D eigenvalue weighted by Crippen LogP contribution is -2.08. The second-order valence-electron chi connectivity index (χ2n) is 3.92. The van der Waals surface area contributed by atoms with E-state index in [1.54, 1.807) is 6.07 Å². The number of alkyl halides is 3. The molecule has 0 spiro atoms. The summed E-state index contributed by atoms with van der Waals surface area (Å²) in [4.78, 5) is 7.09. The van der Waals surface area contributed by atoms with Crippen LogP contribution in [-0.4, -0.2) is 9.97 Å². The average Bonchev–Trinajstić information content (AvgIpc) is 2.88. The fraction of sp³-hybridized carbons (Fsp3) is 0.0833. The molecule has 1 aromatic carbocycles. The summed E-state index contributed by atoms with van der Waals surface area (Å²) >= 11 is 1.48. The van der Waals surface area contributed by atoms with Crippen LogP contribution in [0, 0.1) is 0 Å². The maximum atomic E-state index is 12.8. The number of para-hydroxylation sites is 1. The van der Waals surface area contributed by atoms with Crippen molar-refractivity contribution in [1.29, 1.82) is 0 Å². The third-order valence-corrected chi connectivity index (χ3v) is 3.34. The molecule has 2 aromatic heterocycles. The number of nitrogens with one attached hydrogen (secondary N) is 2. The van der Waals surface area contributed by atoms with Crippen molar-refractivity contribution in [2.24, 2.45) is 0 Å². The van der Waals surface area contributed by atoms with Crippen molar-refractivity contribution in [3.63, 3.8) is 0 Å². The first-order chi connectivity index (χ1) is 9.04. The Kier molecular flexibility index (Phi) is 2.70. The SMILES string of the molecule is FC(F)(F)c1ccccc1Nc1nc2cscc2[nH]1. The van der Waals surface area contributed by atoms with Crippen molar-refractivity contribution < 1.29 is 13.2 Å². The molecule has 3 rings (SSSR count). The molecule has 7 heteroatoms. The van der Waals surface area contributed by atoms with Crippen molar-refractivity contribution in [2.45, 2.75) is 6.18 Å². The number of anilines is 2. The van der Waals surface area contributed by atoms with E-state index in [0.29, 0.717) is 5.95 Å². The zero-order valence-electron chi connectivity index (χ0n) is 9.45. The van der Waals surface area contributed by atoms with Gasteiger partial charge in [-0.3, -0.25) is 0 Å². The number of nitrogens with zero attached hydrogens (tertiary/aromatic N) is 1. The lowest BCUT2D eigenvalue weighted by molar-refractivity contribution is -0.136. The van der Waals surface area contributed by atoms with E-state index in [4.69, 9.17) is 0 Å². The molecule has 0 radical (unpaired) electrons. The molecule has 0 atom stereocenters. The van der Waals surface area contributed by atoms with Crippen LogP contribution < -0.4 is 5.32 Å². The van der Waals surface area contributed by atoms with Gasteiger partial charge in [0.1, 0.15) is 5.52 Å². The Hall–Kier alpha value is -2.02. The van der Waals surface area contributed by atoms with E-state index in [0.717, 1.165) is 17.1 Å². The molecule has 0 aliphatic carbocycles. The Bertz CT molecular complexity index is 686. The Morgan fingerprint density at radius 3 is 2.68 bits per heavy atom. The van der Waals surface area contributed by atoms with Crippen LogP contribution in [0.1, 0.15) is 5.56 Å². The molecule has 19 heavy (non-hydrogen) atoms. The molecule has 0 aliphatic heterocycles. The van der Waals surface area contributed by atoms with Crippen molar-refractivity contribution >= 4 is 34.0 Å². The third-order valence-electron chi connectivity index (χ3n) is 2.61. The number of benzene rings is 1. The van der Waals surface area contributed by atoms with Gasteiger partial charge >= 0.3 is 6.18 Å². The maximum absolute atomic E-state index is 12.8. The minimum atomic E-state index is -4.40. The molecule has 0 bridgehead atoms. The van der Waals surface area contributed by atoms with E-state index in [1.165, 1.54) is 23.5 Å². The highest BCUT2D eigenvalue weighted by atomic mass is 32.1. The van der Waals surface area contributed by atoms with Gasteiger partial charge in [-0.1, -0.05) is 12.1 Å². The van der Waals surface area contributed by atoms with E-state index < -0.39 is 11.7 Å². The largest absolute Gasteiger partial charge is 0.418 e. The molecule has 3 aromatic rings. The molecule has 0 amide bonds. The van der Waals surface area contributed by atoms with Crippen molar-refractivity contribution in [2.75, 3.05) is 5.32 Å². The molecule has 3 nitrogen and oxygen atoms in total. The molecular weight excluding hydrogens is 275 g/mol. The first-order valence-electron chi connectivity index (χ1n) is 5.39. The van der Waals surface area contributed by atoms with Gasteiger partial charge < -0.3 is 10.3 Å². The van der Waals surface area contributed by atoms with Crippen LogP contribution in [0.25, 0.3) is 11.0 Å². The van der Waals surface area contributed by atoms with Gasteiger partial charge in [0.05, 0.1) is 16.8 Å². The smallest absolute Gasteiger partial charge is 0.325 e. The molecule has 98 valence electrons. The summed E-state index contributed by atoms with van der Waals surface area (Å²) in [7, 11) is 0. The number of hydrogen-bond acceptors (Lipinski definition) is 3. The summed E-state index contributed by atoms with van der Waals surface area (Å²) in [5.41, 5.74) is 0.804. The molecule has 0 saturated carbocycles. The molecule has 0 saturated heterocycles. The Labute approximate surface area is 110 Å². The molecule has 0 aliphatic rings. The van der Waals surface area contributed by atoms with Gasteiger partial charge in [-0.2, -0.15) is 13.2 Å². The lowest BCUT2D eigenvalue weighted by atomic mass is 10.1. The van der Waals surface area contributed by atoms with Gasteiger partial charge in [0, 0.05) is 10.8 Å². The quantitative estimate of drug-likeness (QED) is 0.732. The van der Waals surface area contributed by atoms with Gasteiger partial charge in [-0.15, -0.1) is 11.3 Å². The molecule has 2 heterocycles. The van der Waals surface area contributed by atoms with Crippen LogP contribution in [0.3, 0.4) is 0 Å². The zero-order valence-corrected chi connectivity index (χ0v) is 10.3. The summed E-state index contributed by atoms with van der Waals surface area (Å²) in [5.74, 6) is 0.300. The fourth-order valence-electron chi connectivity index (χ4n) is 1.77. The van der Waals surface area contributed by atoms with Gasteiger partial charge in [0.25, 0.3) is 0 Å². The van der Waals surface area contributed by atoms with Crippen LogP contribution in [-0.2, 0) is 6.18 Å². The van der Waals surface area contributed by atoms with Crippen LogP contribution in [0.5, 0.6) is 0 Å². The summed E-state index contributed by atoms with van der Waals surface area (Å²) < 4.78 is 38.5. The Balaban J connectivity index is 1.97. The number of fused-ring (bicyclic) bond motifs is 1. The van der Waals surface area contributed by atoms with E-state index in [1.807, 2.05) is 10.8 Å². The highest BCUT2D eigenvalue weighted by Gasteiger charge is 2.33. The van der Waals surface area contributed by atoms with Crippen LogP contribution in [0.4, 0.5) is 24.8 Å². The summed E-state index contributed by atoms with van der Waals surface area (Å²) in [6.45, 7) is 0. The first kappa shape index (κ1) is 12.0. The summed E-state index contributed by atoms with van der Waals surface area (Å²) in [5, 5.41) is 6.35. The second kappa shape index (κ2) is 4.27. The number of hydrogen-bond donors (Lipinski definition) is 2. The third kappa shape index (κ3) is 2.28. The van der Waals surface area contributed by atoms with Gasteiger partial charge in [-0.25, -0.2) is 4.98 Å². The van der Waals surface area contributed by atoms with E-state index in [9.17, 15) is 13.2 Å². The van der Waals surface area contributed by atoms with Crippen LogP contribution in [0.15, 0.2) is 35.0 Å². The monoisotopic (exact) mass is 283 g/mol. The number of aromatic nitrogens is 2. The number of halogens is 3. The molecule has 2 N–H and O–H groups in total. The highest BCUT2D eigenvalue weighted by molar-refractivity contribution is 7.09. The standard InChI is InChI=1S/C12H8F3N3S/c13-12(14,15)7-3-1-2-4-8(7)16-11-17-9-5-19-6-10(9)18-11/h1-6H,(H2,16,17,18). The Morgan fingerprint density at radius 1 is 1.16 bits per heavy atom. The number of thiophene rings is 1. The summed E-state index contributed by atoms with van der Waals surface area (Å²) in [6.07, 6.45) is -4.40. The summed E-state index contributed by atoms with van der Waals surface area (Å²) in [6, 6.07) is 5.31. The van der Waals surface area contributed by atoms with Gasteiger partial charge in [0.15, 0.2) is 0 Å². The topological polar surface area (TPSA) is 40.7 Å². The maximum Gasteiger partial charge on any atom is 0.418 e.